The number of nitrogens with zero attached hydrogens (tertiary/aromatic N) is 1. The molecule has 3 aliphatic rings. The lowest BCUT2D eigenvalue weighted by molar-refractivity contribution is -0.277. The smallest absolute Gasteiger partial charge is 0.303 e. The van der Waals surface area contributed by atoms with Crippen LogP contribution in [0.2, 0.25) is 0 Å². The first-order chi connectivity index (χ1) is 52.3. The normalized spacial score (nSPS) is 23.4. The average Bonchev–Trinajstić information content (AvgIpc) is 0.800. The number of hydrogen-bond acceptors (Lipinski definition) is 31. The fraction of sp³-hybridized carbons (Fsp3) is 0.795. The fourth-order valence-corrected chi connectivity index (χ4v) is 12.4. The number of carbonyl (C=O) groups excluding carboxylic acids is 15. The Morgan fingerprint density at radius 2 is 0.591 bits per heavy atom. The molecule has 15 atom stereocenters. The summed E-state index contributed by atoms with van der Waals surface area (Å²) in [4.78, 5) is 187. The molecule has 37 nitrogen and oxygen atoms in total. The van der Waals surface area contributed by atoms with E-state index in [0.29, 0.717) is 142 Å². The van der Waals surface area contributed by atoms with Gasteiger partial charge in [0.25, 0.3) is 0 Å². The van der Waals surface area contributed by atoms with Crippen LogP contribution in [0.4, 0.5) is 0 Å². The van der Waals surface area contributed by atoms with Crippen LogP contribution in [-0.4, -0.2) is 265 Å². The molecule has 0 aromatic rings. The van der Waals surface area contributed by atoms with Crippen molar-refractivity contribution in [2.24, 2.45) is 0 Å². The molecule has 0 aliphatic carbocycles. The molecule has 37 heteroatoms. The summed E-state index contributed by atoms with van der Waals surface area (Å²) in [5, 5.41) is 17.3. The first-order valence-corrected chi connectivity index (χ1v) is 37.8. The van der Waals surface area contributed by atoms with Gasteiger partial charge in [-0.1, -0.05) is 38.5 Å². The topological polar surface area (TPSA) is 470 Å². The second kappa shape index (κ2) is 53.6. The predicted molar refractivity (Wildman–Crippen MR) is 383 cm³/mol. The molecule has 3 fully saturated rings. The third kappa shape index (κ3) is 40.1. The Morgan fingerprint density at radius 3 is 0.909 bits per heavy atom. The highest BCUT2D eigenvalue weighted by Gasteiger charge is 2.54. The van der Waals surface area contributed by atoms with Crippen molar-refractivity contribution in [2.45, 2.75) is 297 Å². The minimum absolute atomic E-state index is 0.0517. The molecule has 0 aromatic heterocycles. The lowest BCUT2D eigenvalue weighted by atomic mass is 9.96. The van der Waals surface area contributed by atoms with Crippen LogP contribution in [0, 0.1) is 0 Å². The summed E-state index contributed by atoms with van der Waals surface area (Å²) < 4.78 is 84.8. The van der Waals surface area contributed by atoms with E-state index in [0.717, 1.165) is 48.0 Å². The van der Waals surface area contributed by atoms with Gasteiger partial charge < -0.3 is 108 Å². The monoisotopic (exact) mass is 1570 g/mol. The number of hydrogen-bond donors (Lipinski definition) is 6. The SMILES string of the molecule is CC(=O)NC1C(OC(C)=O)[C@@H](OC(C)=O)C(COC(C)=O)O[C@H]1OCCCCCCC(=O)NCCCNCCCCN(CCCNC(=O)CCCCCCO[C@@H]1OC(COC(C)=O)[C@H](OC(C)=O)C(OC(C)=O)C1NC(C)=O)C(=O)CCCCCCO[C@@H]1OC(COC(C)=O)[C@H](OC(C)=O)C(OC(C)=O)C1NC(C)=O. The van der Waals surface area contributed by atoms with Crippen LogP contribution in [0.5, 0.6) is 0 Å². The van der Waals surface area contributed by atoms with Crippen LogP contribution in [0.25, 0.3) is 0 Å². The number of amides is 6. The van der Waals surface area contributed by atoms with Gasteiger partial charge in [-0.15, -0.1) is 0 Å². The third-order valence-electron chi connectivity index (χ3n) is 17.1. The minimum atomic E-state index is -1.27. The zero-order valence-corrected chi connectivity index (χ0v) is 65.8. The van der Waals surface area contributed by atoms with Gasteiger partial charge in [-0.3, -0.25) is 71.9 Å². The average molecular weight is 1570 g/mol. The van der Waals surface area contributed by atoms with Crippen LogP contribution in [0.15, 0.2) is 0 Å². The minimum Gasteiger partial charge on any atom is -0.463 e. The fourth-order valence-electron chi connectivity index (χ4n) is 12.4. The van der Waals surface area contributed by atoms with Crippen LogP contribution in [-0.2, 0) is 143 Å². The summed E-state index contributed by atoms with van der Waals surface area (Å²) in [5.74, 6) is -8.09. The standard InChI is InChI=1S/C73H119N7O30/c1-44(81)77-62-68(105-53(10)90)65(102-50(7)87)56(41-99-47(4)84)108-71(62)96-38-24-16-13-19-29-59(93)75-34-27-33-74-32-22-23-36-80(61(95)31-21-15-18-26-40-98-73-64(79-46(3)83)70(107-55(12)92)67(104-52(9)89)58(110-73)43-101-49(6)86)37-28-35-76-60(94)30-20-14-17-25-39-97-72-63(78-45(2)82)69(106-54(11)91)66(103-51(8)88)57(109-72)42-100-48(5)85/h56-58,62-74H,13-43H2,1-12H3,(H,75,93)(H,76,94)(H,77,81)(H,78,82)(H,79,83)/t56?,57?,58?,62?,63?,64?,65-,66-,67-,68?,69?,70?,71+,72+,73+/m0/s1. The Kier molecular flexibility index (Phi) is 46.8. The Balaban J connectivity index is 1.50. The molecule has 3 saturated heterocycles. The van der Waals surface area contributed by atoms with Gasteiger partial charge in [0.15, 0.2) is 55.5 Å². The van der Waals surface area contributed by atoms with E-state index in [1.807, 2.05) is 0 Å². The molecule has 0 aromatic carbocycles. The van der Waals surface area contributed by atoms with E-state index in [1.54, 1.807) is 4.90 Å². The van der Waals surface area contributed by atoms with Crippen molar-refractivity contribution in [2.75, 3.05) is 78.9 Å². The van der Waals surface area contributed by atoms with Gasteiger partial charge in [-0.2, -0.15) is 0 Å². The van der Waals surface area contributed by atoms with Crippen molar-refractivity contribution in [3.05, 3.63) is 0 Å². The Morgan fingerprint density at radius 1 is 0.300 bits per heavy atom. The lowest BCUT2D eigenvalue weighted by Crippen LogP contribution is -2.66. The molecule has 0 saturated carbocycles. The highest BCUT2D eigenvalue weighted by Crippen LogP contribution is 2.32. The molecule has 6 amide bonds. The van der Waals surface area contributed by atoms with E-state index in [-0.39, 0.29) is 70.2 Å². The van der Waals surface area contributed by atoms with Gasteiger partial charge in [0.2, 0.25) is 35.4 Å². The van der Waals surface area contributed by atoms with Crippen LogP contribution in [0.1, 0.15) is 205 Å². The first-order valence-electron chi connectivity index (χ1n) is 37.8. The number of unbranched alkanes of at least 4 members (excludes halogenated alkanes) is 10. The van der Waals surface area contributed by atoms with Gasteiger partial charge in [0.1, 0.15) is 56.3 Å². The lowest BCUT2D eigenvalue weighted by Gasteiger charge is -2.44. The molecule has 0 radical (unpaired) electrons. The van der Waals surface area contributed by atoms with Gasteiger partial charge in [0.05, 0.1) is 0 Å². The summed E-state index contributed by atoms with van der Waals surface area (Å²) >= 11 is 0. The van der Waals surface area contributed by atoms with Crippen molar-refractivity contribution >= 4 is 89.2 Å². The Bertz CT molecular complexity index is 2940. The van der Waals surface area contributed by atoms with E-state index in [4.69, 9.17) is 71.1 Å². The number of ether oxygens (including phenoxy) is 15. The highest BCUT2D eigenvalue weighted by molar-refractivity contribution is 5.78. The zero-order valence-electron chi connectivity index (χ0n) is 65.8. The van der Waals surface area contributed by atoms with E-state index >= 15 is 0 Å². The van der Waals surface area contributed by atoms with Crippen LogP contribution < -0.4 is 31.9 Å². The predicted octanol–water partition coefficient (Wildman–Crippen LogP) is 2.07. The van der Waals surface area contributed by atoms with E-state index in [1.165, 1.54) is 41.5 Å². The van der Waals surface area contributed by atoms with Crippen molar-refractivity contribution in [3.8, 4) is 0 Å². The molecule has 0 spiro atoms. The summed E-state index contributed by atoms with van der Waals surface area (Å²) in [5.41, 5.74) is 0. The van der Waals surface area contributed by atoms with Gasteiger partial charge in [-0.25, -0.2) is 0 Å². The first kappa shape index (κ1) is 96.0. The Labute approximate surface area is 642 Å². The molecule has 3 rings (SSSR count). The van der Waals surface area contributed by atoms with Crippen molar-refractivity contribution in [1.82, 2.24) is 36.8 Å². The largest absolute Gasteiger partial charge is 0.463 e. The molecule has 3 aliphatic heterocycles. The van der Waals surface area contributed by atoms with Gasteiger partial charge >= 0.3 is 53.7 Å². The van der Waals surface area contributed by atoms with Crippen molar-refractivity contribution in [3.63, 3.8) is 0 Å². The maximum atomic E-state index is 13.9. The maximum absolute atomic E-state index is 13.9. The summed E-state index contributed by atoms with van der Waals surface area (Å²) in [6.45, 7) is 16.4. The molecule has 110 heavy (non-hydrogen) atoms. The molecule has 626 valence electrons. The van der Waals surface area contributed by atoms with Crippen molar-refractivity contribution in [1.29, 1.82) is 0 Å². The quantitative estimate of drug-likeness (QED) is 0.0288. The molecular formula is C73H119N7O30. The van der Waals surface area contributed by atoms with Crippen LogP contribution >= 0.6 is 0 Å². The second-order valence-electron chi connectivity index (χ2n) is 27.0. The van der Waals surface area contributed by atoms with Gasteiger partial charge in [-0.05, 0) is 77.3 Å². The highest BCUT2D eigenvalue weighted by atomic mass is 16.7. The summed E-state index contributed by atoms with van der Waals surface area (Å²) in [6.07, 6.45) is -3.73. The number of carbonyl (C=O) groups is 15. The molecule has 9 unspecified atom stereocenters. The molecule has 3 heterocycles. The molecular weight excluding hydrogens is 1450 g/mol. The van der Waals surface area contributed by atoms with E-state index in [9.17, 15) is 71.9 Å². The van der Waals surface area contributed by atoms with Gasteiger partial charge in [0, 0.05) is 148 Å². The molecule has 6 N–H and O–H groups in total. The second-order valence-corrected chi connectivity index (χ2v) is 27.0. The number of esters is 9. The van der Waals surface area contributed by atoms with E-state index in [2.05, 4.69) is 31.9 Å². The third-order valence-corrected chi connectivity index (χ3v) is 17.1. The van der Waals surface area contributed by atoms with Crippen LogP contribution in [0.3, 0.4) is 0 Å². The number of nitrogens with one attached hydrogen (secondary N) is 6. The number of rotatable bonds is 52. The maximum Gasteiger partial charge on any atom is 0.303 e. The summed E-state index contributed by atoms with van der Waals surface area (Å²) in [6, 6.07) is -3.29. The van der Waals surface area contributed by atoms with Crippen molar-refractivity contribution < 1.29 is 143 Å². The zero-order chi connectivity index (χ0) is 81.7. The molecule has 0 bridgehead atoms. The summed E-state index contributed by atoms with van der Waals surface area (Å²) in [7, 11) is 0. The van der Waals surface area contributed by atoms with E-state index < -0.39 is 163 Å². The Hall–Kier alpha value is -8.23.